The van der Waals surface area contributed by atoms with Crippen molar-refractivity contribution in [2.75, 3.05) is 30.5 Å². The van der Waals surface area contributed by atoms with Gasteiger partial charge in [-0.1, -0.05) is 19.1 Å². The molecule has 8 heteroatoms. The van der Waals surface area contributed by atoms with Crippen molar-refractivity contribution in [1.29, 1.82) is 0 Å². The Morgan fingerprint density at radius 1 is 1.31 bits per heavy atom. The summed E-state index contributed by atoms with van der Waals surface area (Å²) < 4.78 is 5.25. The molecule has 3 aromatic heterocycles. The van der Waals surface area contributed by atoms with E-state index in [1.54, 1.807) is 12.4 Å². The SMILES string of the molecule is CC/C=C/c1ncc(Nc2cc(C3COC3)[nH]n2)nc1N(C)Cc1cccnc1. The van der Waals surface area contributed by atoms with Crippen molar-refractivity contribution < 1.29 is 4.74 Å². The second-order valence-electron chi connectivity index (χ2n) is 7.06. The molecule has 0 spiro atoms. The molecule has 0 aliphatic carbocycles. The highest BCUT2D eigenvalue weighted by Crippen LogP contribution is 2.26. The van der Waals surface area contributed by atoms with Crippen molar-refractivity contribution in [3.63, 3.8) is 0 Å². The summed E-state index contributed by atoms with van der Waals surface area (Å²) in [6, 6.07) is 5.99. The van der Waals surface area contributed by atoms with Gasteiger partial charge in [-0.3, -0.25) is 10.1 Å². The van der Waals surface area contributed by atoms with Crippen molar-refractivity contribution in [3.8, 4) is 0 Å². The normalized spacial score (nSPS) is 14.1. The molecule has 29 heavy (non-hydrogen) atoms. The van der Waals surface area contributed by atoms with E-state index in [1.165, 1.54) is 0 Å². The summed E-state index contributed by atoms with van der Waals surface area (Å²) in [6.07, 6.45) is 10.4. The number of H-pyrrole nitrogens is 1. The molecule has 0 saturated carbocycles. The maximum atomic E-state index is 5.25. The Morgan fingerprint density at radius 3 is 2.93 bits per heavy atom. The van der Waals surface area contributed by atoms with Gasteiger partial charge in [0, 0.05) is 43.7 Å². The number of rotatable bonds is 8. The molecule has 0 unspecified atom stereocenters. The predicted octanol–water partition coefficient (Wildman–Crippen LogP) is 3.51. The molecule has 150 valence electrons. The lowest BCUT2D eigenvalue weighted by Gasteiger charge is -2.24. The lowest BCUT2D eigenvalue weighted by molar-refractivity contribution is 0.00670. The number of anilines is 3. The number of aromatic amines is 1. The fourth-order valence-electron chi connectivity index (χ4n) is 3.07. The molecule has 0 amide bonds. The van der Waals surface area contributed by atoms with E-state index < -0.39 is 0 Å². The minimum atomic E-state index is 0.395. The number of allylic oxidation sites excluding steroid dienone is 1. The summed E-state index contributed by atoms with van der Waals surface area (Å²) in [4.78, 5) is 15.7. The van der Waals surface area contributed by atoms with Crippen LogP contribution in [0.1, 0.15) is 36.2 Å². The summed E-state index contributed by atoms with van der Waals surface area (Å²) in [6.45, 7) is 4.26. The Bertz CT molecular complexity index is 966. The number of pyridine rings is 1. The van der Waals surface area contributed by atoms with Gasteiger partial charge >= 0.3 is 0 Å². The Kier molecular flexibility index (Phi) is 5.81. The zero-order valence-electron chi connectivity index (χ0n) is 16.7. The van der Waals surface area contributed by atoms with Crippen LogP contribution in [0.4, 0.5) is 17.5 Å². The van der Waals surface area contributed by atoms with E-state index >= 15 is 0 Å². The number of nitrogens with one attached hydrogen (secondary N) is 2. The van der Waals surface area contributed by atoms with E-state index in [0.29, 0.717) is 18.3 Å². The third kappa shape index (κ3) is 4.60. The van der Waals surface area contributed by atoms with Crippen molar-refractivity contribution >= 4 is 23.5 Å². The molecule has 1 aliphatic heterocycles. The second kappa shape index (κ2) is 8.83. The van der Waals surface area contributed by atoms with Crippen LogP contribution in [0.2, 0.25) is 0 Å². The Hall–Kier alpha value is -3.26. The number of hydrogen-bond donors (Lipinski definition) is 2. The minimum absolute atomic E-state index is 0.395. The van der Waals surface area contributed by atoms with Crippen LogP contribution in [0.5, 0.6) is 0 Å². The van der Waals surface area contributed by atoms with E-state index in [0.717, 1.165) is 48.2 Å². The summed E-state index contributed by atoms with van der Waals surface area (Å²) in [5.74, 6) is 2.56. The highest BCUT2D eigenvalue weighted by Gasteiger charge is 2.22. The highest BCUT2D eigenvalue weighted by molar-refractivity contribution is 5.64. The summed E-state index contributed by atoms with van der Waals surface area (Å²) in [7, 11) is 2.01. The first kappa shape index (κ1) is 19.1. The number of nitrogens with zero attached hydrogens (tertiary/aromatic N) is 5. The zero-order valence-corrected chi connectivity index (χ0v) is 16.7. The van der Waals surface area contributed by atoms with Crippen LogP contribution in [-0.4, -0.2) is 45.4 Å². The maximum Gasteiger partial charge on any atom is 0.157 e. The third-order valence-electron chi connectivity index (χ3n) is 4.73. The topological polar surface area (TPSA) is 91.8 Å². The van der Waals surface area contributed by atoms with Crippen LogP contribution in [-0.2, 0) is 11.3 Å². The van der Waals surface area contributed by atoms with Crippen LogP contribution in [0.15, 0.2) is 42.9 Å². The van der Waals surface area contributed by atoms with Crippen LogP contribution in [0, 0.1) is 0 Å². The van der Waals surface area contributed by atoms with Gasteiger partial charge in [0.15, 0.2) is 17.5 Å². The lowest BCUT2D eigenvalue weighted by Crippen LogP contribution is -2.25. The molecule has 0 atom stereocenters. The Labute approximate surface area is 170 Å². The summed E-state index contributed by atoms with van der Waals surface area (Å²) in [5, 5.41) is 10.7. The largest absolute Gasteiger partial charge is 0.380 e. The molecule has 3 aromatic rings. The minimum Gasteiger partial charge on any atom is -0.380 e. The van der Waals surface area contributed by atoms with Gasteiger partial charge in [-0.2, -0.15) is 5.10 Å². The van der Waals surface area contributed by atoms with Crippen molar-refractivity contribution in [3.05, 3.63) is 59.8 Å². The Morgan fingerprint density at radius 2 is 2.21 bits per heavy atom. The van der Waals surface area contributed by atoms with Gasteiger partial charge < -0.3 is 15.0 Å². The monoisotopic (exact) mass is 391 g/mol. The van der Waals surface area contributed by atoms with Gasteiger partial charge in [0.05, 0.1) is 19.4 Å². The van der Waals surface area contributed by atoms with Gasteiger partial charge in [-0.25, -0.2) is 9.97 Å². The summed E-state index contributed by atoms with van der Waals surface area (Å²) in [5.41, 5.74) is 3.02. The number of hydrogen-bond acceptors (Lipinski definition) is 7. The number of ether oxygens (including phenoxy) is 1. The van der Waals surface area contributed by atoms with Crippen LogP contribution >= 0.6 is 0 Å². The fourth-order valence-corrected chi connectivity index (χ4v) is 3.07. The molecule has 0 bridgehead atoms. The van der Waals surface area contributed by atoms with Gasteiger partial charge in [0.2, 0.25) is 0 Å². The first-order chi connectivity index (χ1) is 14.2. The molecule has 1 aliphatic rings. The van der Waals surface area contributed by atoms with Gasteiger partial charge in [0.25, 0.3) is 0 Å². The Balaban J connectivity index is 1.56. The second-order valence-corrected chi connectivity index (χ2v) is 7.06. The smallest absolute Gasteiger partial charge is 0.157 e. The molecule has 1 saturated heterocycles. The predicted molar refractivity (Wildman–Crippen MR) is 113 cm³/mol. The zero-order chi connectivity index (χ0) is 20.1. The maximum absolute atomic E-state index is 5.25. The highest BCUT2D eigenvalue weighted by atomic mass is 16.5. The van der Waals surface area contributed by atoms with Gasteiger partial charge in [-0.15, -0.1) is 0 Å². The van der Waals surface area contributed by atoms with E-state index in [2.05, 4.69) is 49.4 Å². The van der Waals surface area contributed by atoms with Crippen molar-refractivity contribution in [2.45, 2.75) is 25.8 Å². The van der Waals surface area contributed by atoms with E-state index in [-0.39, 0.29) is 0 Å². The first-order valence-electron chi connectivity index (χ1n) is 9.76. The van der Waals surface area contributed by atoms with Gasteiger partial charge in [0.1, 0.15) is 5.69 Å². The van der Waals surface area contributed by atoms with E-state index in [4.69, 9.17) is 9.72 Å². The lowest BCUT2D eigenvalue weighted by atomic mass is 10.0. The van der Waals surface area contributed by atoms with Crippen molar-refractivity contribution in [1.82, 2.24) is 25.1 Å². The summed E-state index contributed by atoms with van der Waals surface area (Å²) >= 11 is 0. The molecule has 0 radical (unpaired) electrons. The standard InChI is InChI=1S/C21H25N7O/c1-3-4-7-17-21(28(2)12-15-6-5-8-22-10-15)25-20(11-23-17)24-19-9-18(26-27-19)16-13-29-14-16/h4-11,16H,3,12-14H2,1-2H3,(H2,24,25,26,27)/b7-4+. The third-order valence-corrected chi connectivity index (χ3v) is 4.73. The molecule has 2 N–H and O–H groups in total. The molecular weight excluding hydrogens is 366 g/mol. The molecule has 0 aromatic carbocycles. The van der Waals surface area contributed by atoms with Crippen LogP contribution < -0.4 is 10.2 Å². The molecular formula is C21H25N7O. The van der Waals surface area contributed by atoms with Crippen LogP contribution in [0.3, 0.4) is 0 Å². The molecule has 4 rings (SSSR count). The number of aromatic nitrogens is 5. The molecule has 4 heterocycles. The first-order valence-corrected chi connectivity index (χ1v) is 9.76. The average Bonchev–Trinajstić information content (AvgIpc) is 3.14. The molecule has 8 nitrogen and oxygen atoms in total. The molecule has 1 fully saturated rings. The van der Waals surface area contributed by atoms with Gasteiger partial charge in [-0.05, 0) is 24.1 Å². The van der Waals surface area contributed by atoms with E-state index in [9.17, 15) is 0 Å². The average molecular weight is 391 g/mol. The van der Waals surface area contributed by atoms with Crippen molar-refractivity contribution in [2.24, 2.45) is 0 Å². The fraction of sp³-hybridized carbons (Fsp3) is 0.333. The quantitative estimate of drug-likeness (QED) is 0.607. The van der Waals surface area contributed by atoms with E-state index in [1.807, 2.05) is 31.5 Å². The van der Waals surface area contributed by atoms with Crippen LogP contribution in [0.25, 0.3) is 6.08 Å².